The molecule has 1 aliphatic rings. The molecule has 2 heterocycles. The predicted molar refractivity (Wildman–Crippen MR) is 126 cm³/mol. The zero-order valence-corrected chi connectivity index (χ0v) is 19.7. The lowest BCUT2D eigenvalue weighted by atomic mass is 10.0. The lowest BCUT2D eigenvalue weighted by molar-refractivity contribution is 0.186. The van der Waals surface area contributed by atoms with Crippen molar-refractivity contribution in [1.29, 1.82) is 0 Å². The van der Waals surface area contributed by atoms with Crippen LogP contribution in [-0.4, -0.2) is 59.0 Å². The number of methoxy groups -OCH3 is 1. The largest absolute Gasteiger partial charge is 0.497 e. The number of hydrogen-bond acceptors (Lipinski definition) is 4. The Morgan fingerprint density at radius 2 is 2.28 bits per heavy atom. The Morgan fingerprint density at radius 3 is 2.97 bits per heavy atom. The van der Waals surface area contributed by atoms with Gasteiger partial charge in [-0.15, -0.1) is 24.0 Å². The standard InChI is InChI=1S/C21H31N5O2.HI/c1-4-22-21(23-13-20(27)18-6-5-7-19(11-18)28-3)26-9-8-16(15-26)10-17-12-24-25(2)14-17;/h5-7,11-12,14,16,20,27H,4,8-10,13,15H2,1-3H3,(H,22,23);1H. The van der Waals surface area contributed by atoms with E-state index in [0.717, 1.165) is 49.7 Å². The summed E-state index contributed by atoms with van der Waals surface area (Å²) < 4.78 is 7.09. The van der Waals surface area contributed by atoms with Gasteiger partial charge in [0.05, 0.1) is 26.0 Å². The third-order valence-corrected chi connectivity index (χ3v) is 5.10. The van der Waals surface area contributed by atoms with Crippen LogP contribution >= 0.6 is 24.0 Å². The number of rotatable bonds is 7. The molecule has 0 aliphatic carbocycles. The van der Waals surface area contributed by atoms with E-state index in [4.69, 9.17) is 9.73 Å². The van der Waals surface area contributed by atoms with Gasteiger partial charge >= 0.3 is 0 Å². The second kappa shape index (κ2) is 11.4. The molecule has 160 valence electrons. The normalized spacial score (nSPS) is 17.7. The number of aliphatic hydroxyl groups is 1. The fourth-order valence-electron chi connectivity index (χ4n) is 3.66. The van der Waals surface area contributed by atoms with Gasteiger partial charge < -0.3 is 20.1 Å². The van der Waals surface area contributed by atoms with E-state index in [-0.39, 0.29) is 24.0 Å². The third-order valence-electron chi connectivity index (χ3n) is 5.10. The van der Waals surface area contributed by atoms with Crippen molar-refractivity contribution < 1.29 is 9.84 Å². The number of aliphatic imine (C=N–C) groups is 1. The van der Waals surface area contributed by atoms with Gasteiger partial charge in [-0.05, 0) is 48.9 Å². The van der Waals surface area contributed by atoms with E-state index in [9.17, 15) is 5.11 Å². The second-order valence-electron chi connectivity index (χ2n) is 7.31. The molecule has 1 aliphatic heterocycles. The summed E-state index contributed by atoms with van der Waals surface area (Å²) in [6.45, 7) is 5.14. The first kappa shape index (κ1) is 23.5. The number of aromatic nitrogens is 2. The summed E-state index contributed by atoms with van der Waals surface area (Å²) in [5.74, 6) is 2.21. The van der Waals surface area contributed by atoms with Gasteiger partial charge in [-0.2, -0.15) is 5.10 Å². The highest BCUT2D eigenvalue weighted by molar-refractivity contribution is 14.0. The van der Waals surface area contributed by atoms with Gasteiger partial charge in [0.15, 0.2) is 5.96 Å². The third kappa shape index (κ3) is 6.60. The molecule has 1 aromatic carbocycles. The van der Waals surface area contributed by atoms with Gasteiger partial charge in [-0.1, -0.05) is 12.1 Å². The lowest BCUT2D eigenvalue weighted by Crippen LogP contribution is -2.40. The van der Waals surface area contributed by atoms with Crippen LogP contribution in [0.15, 0.2) is 41.7 Å². The van der Waals surface area contributed by atoms with Crippen molar-refractivity contribution >= 4 is 29.9 Å². The van der Waals surface area contributed by atoms with Crippen LogP contribution in [0.4, 0.5) is 0 Å². The van der Waals surface area contributed by atoms with Crippen molar-refractivity contribution in [3.8, 4) is 5.75 Å². The van der Waals surface area contributed by atoms with E-state index in [1.165, 1.54) is 5.56 Å². The van der Waals surface area contributed by atoms with Gasteiger partial charge in [-0.3, -0.25) is 9.67 Å². The maximum absolute atomic E-state index is 10.5. The quantitative estimate of drug-likeness (QED) is 0.339. The van der Waals surface area contributed by atoms with Crippen molar-refractivity contribution in [2.24, 2.45) is 18.0 Å². The molecule has 2 atom stereocenters. The number of nitrogens with one attached hydrogen (secondary N) is 1. The fourth-order valence-corrected chi connectivity index (χ4v) is 3.66. The zero-order chi connectivity index (χ0) is 19.9. The molecule has 2 aromatic rings. The topological polar surface area (TPSA) is 74.9 Å². The van der Waals surface area contributed by atoms with Gasteiger partial charge in [0, 0.05) is 32.9 Å². The van der Waals surface area contributed by atoms with Crippen molar-refractivity contribution in [2.45, 2.75) is 25.9 Å². The molecule has 0 spiro atoms. The smallest absolute Gasteiger partial charge is 0.194 e. The van der Waals surface area contributed by atoms with Crippen LogP contribution in [0.25, 0.3) is 0 Å². The number of likely N-dealkylation sites (tertiary alicyclic amines) is 1. The Bertz CT molecular complexity index is 795. The van der Waals surface area contributed by atoms with Gasteiger partial charge in [-0.25, -0.2) is 0 Å². The van der Waals surface area contributed by atoms with Gasteiger partial charge in [0.2, 0.25) is 0 Å². The minimum atomic E-state index is -0.655. The van der Waals surface area contributed by atoms with E-state index in [1.54, 1.807) is 7.11 Å². The Hall–Kier alpha value is -1.81. The molecule has 8 heteroatoms. The summed E-state index contributed by atoms with van der Waals surface area (Å²) in [4.78, 5) is 6.99. The summed E-state index contributed by atoms with van der Waals surface area (Å²) in [6, 6.07) is 7.51. The lowest BCUT2D eigenvalue weighted by Gasteiger charge is -2.22. The van der Waals surface area contributed by atoms with Crippen LogP contribution in [0.3, 0.4) is 0 Å². The molecule has 29 heavy (non-hydrogen) atoms. The Morgan fingerprint density at radius 1 is 1.45 bits per heavy atom. The van der Waals surface area contributed by atoms with E-state index in [2.05, 4.69) is 28.4 Å². The Balaban J connectivity index is 0.00000300. The van der Waals surface area contributed by atoms with Crippen molar-refractivity contribution in [2.75, 3.05) is 33.3 Å². The fraction of sp³-hybridized carbons (Fsp3) is 0.524. The molecule has 1 aromatic heterocycles. The highest BCUT2D eigenvalue weighted by Gasteiger charge is 2.25. The number of aliphatic hydroxyl groups excluding tert-OH is 1. The average molecular weight is 513 g/mol. The highest BCUT2D eigenvalue weighted by atomic mass is 127. The van der Waals surface area contributed by atoms with Crippen LogP contribution in [0.5, 0.6) is 5.75 Å². The molecular formula is C21H32IN5O2. The molecule has 1 saturated heterocycles. The minimum absolute atomic E-state index is 0. The monoisotopic (exact) mass is 513 g/mol. The van der Waals surface area contributed by atoms with Crippen molar-refractivity contribution in [3.05, 3.63) is 47.8 Å². The predicted octanol–water partition coefficient (Wildman–Crippen LogP) is 2.61. The van der Waals surface area contributed by atoms with E-state index >= 15 is 0 Å². The molecule has 0 saturated carbocycles. The van der Waals surface area contributed by atoms with Gasteiger partial charge in [0.1, 0.15) is 5.75 Å². The van der Waals surface area contributed by atoms with Crippen molar-refractivity contribution in [3.63, 3.8) is 0 Å². The van der Waals surface area contributed by atoms with Crippen molar-refractivity contribution in [1.82, 2.24) is 20.0 Å². The number of benzene rings is 1. The number of nitrogens with zero attached hydrogens (tertiary/aromatic N) is 4. The Labute approximate surface area is 190 Å². The van der Waals surface area contributed by atoms with E-state index in [0.29, 0.717) is 12.5 Å². The molecule has 0 radical (unpaired) electrons. The number of ether oxygens (including phenoxy) is 1. The first-order chi connectivity index (χ1) is 13.6. The minimum Gasteiger partial charge on any atom is -0.497 e. The van der Waals surface area contributed by atoms with Gasteiger partial charge in [0.25, 0.3) is 0 Å². The molecule has 7 nitrogen and oxygen atoms in total. The number of hydrogen-bond donors (Lipinski definition) is 2. The van der Waals surface area contributed by atoms with Crippen LogP contribution in [-0.2, 0) is 13.5 Å². The Kier molecular flexibility index (Phi) is 9.22. The van der Waals surface area contributed by atoms with E-state index in [1.807, 2.05) is 42.2 Å². The molecule has 1 fully saturated rings. The summed E-state index contributed by atoms with van der Waals surface area (Å²) in [5.41, 5.74) is 2.10. The van der Waals surface area contributed by atoms with E-state index < -0.39 is 6.10 Å². The maximum atomic E-state index is 10.5. The average Bonchev–Trinajstić information content (AvgIpc) is 3.34. The summed E-state index contributed by atoms with van der Waals surface area (Å²) in [5, 5.41) is 18.2. The second-order valence-corrected chi connectivity index (χ2v) is 7.31. The summed E-state index contributed by atoms with van der Waals surface area (Å²) >= 11 is 0. The van der Waals surface area contributed by atoms with Crippen LogP contribution < -0.4 is 10.1 Å². The van der Waals surface area contributed by atoms with Crippen LogP contribution in [0, 0.1) is 5.92 Å². The first-order valence-corrected chi connectivity index (χ1v) is 9.91. The molecule has 2 N–H and O–H groups in total. The molecule has 3 rings (SSSR count). The number of aryl methyl sites for hydroxylation is 1. The zero-order valence-electron chi connectivity index (χ0n) is 17.4. The highest BCUT2D eigenvalue weighted by Crippen LogP contribution is 2.22. The molecular weight excluding hydrogens is 481 g/mol. The summed E-state index contributed by atoms with van der Waals surface area (Å²) in [7, 11) is 3.58. The summed E-state index contributed by atoms with van der Waals surface area (Å²) in [6.07, 6.45) is 5.56. The molecule has 0 bridgehead atoms. The molecule has 0 amide bonds. The molecule has 2 unspecified atom stereocenters. The number of guanidine groups is 1. The van der Waals surface area contributed by atoms with Crippen LogP contribution in [0.1, 0.15) is 30.6 Å². The number of halogens is 1. The SMILES string of the molecule is CCNC(=NCC(O)c1cccc(OC)c1)N1CCC(Cc2cnn(C)c2)C1.I. The van der Waals surface area contributed by atoms with Crippen LogP contribution in [0.2, 0.25) is 0 Å². The maximum Gasteiger partial charge on any atom is 0.194 e. The first-order valence-electron chi connectivity index (χ1n) is 9.91.